The third-order valence-electron chi connectivity index (χ3n) is 5.92. The van der Waals surface area contributed by atoms with Crippen molar-refractivity contribution in [3.05, 3.63) is 41.5 Å². The second-order valence-corrected chi connectivity index (χ2v) is 7.43. The van der Waals surface area contributed by atoms with E-state index in [0.717, 1.165) is 18.4 Å². The number of benzene rings is 1. The predicted molar refractivity (Wildman–Crippen MR) is 91.9 cm³/mol. The second kappa shape index (κ2) is 7.20. The van der Waals surface area contributed by atoms with E-state index < -0.39 is 12.6 Å². The van der Waals surface area contributed by atoms with E-state index in [1.54, 1.807) is 5.57 Å². The standard InChI is InChI=1S/C21H26O4/c22-20(23)13-24-18-11-5-4-10-17(18)21-16-9-2-1-7-14(16)15-8-3-6-12-19(15)25-21/h4-5,7,10-11,15-16,19,21H,1-3,6,8-9,12-13H2,(H,22,23)/p-1/t15-,16+,19-,21-/m0/s1. The van der Waals surface area contributed by atoms with E-state index in [1.807, 2.05) is 24.3 Å². The van der Waals surface area contributed by atoms with Gasteiger partial charge in [-0.3, -0.25) is 0 Å². The van der Waals surface area contributed by atoms with Gasteiger partial charge in [-0.15, -0.1) is 0 Å². The molecule has 1 aliphatic heterocycles. The topological polar surface area (TPSA) is 58.6 Å². The van der Waals surface area contributed by atoms with Crippen LogP contribution in [0.3, 0.4) is 0 Å². The summed E-state index contributed by atoms with van der Waals surface area (Å²) in [6.45, 7) is -0.427. The Morgan fingerprint density at radius 2 is 1.92 bits per heavy atom. The Labute approximate surface area is 148 Å². The normalized spacial score (nSPS) is 31.4. The number of aliphatic carboxylic acids is 1. The third kappa shape index (κ3) is 3.32. The monoisotopic (exact) mass is 341 g/mol. The molecular weight excluding hydrogens is 316 g/mol. The van der Waals surface area contributed by atoms with E-state index in [4.69, 9.17) is 9.47 Å². The summed E-state index contributed by atoms with van der Waals surface area (Å²) >= 11 is 0. The van der Waals surface area contributed by atoms with Crippen molar-refractivity contribution in [2.24, 2.45) is 11.8 Å². The van der Waals surface area contributed by atoms with Crippen LogP contribution in [0.5, 0.6) is 5.75 Å². The molecule has 4 heteroatoms. The Morgan fingerprint density at radius 1 is 1.12 bits per heavy atom. The lowest BCUT2D eigenvalue weighted by molar-refractivity contribution is -0.307. The molecule has 2 aliphatic carbocycles. The molecule has 1 heterocycles. The number of carboxylic acid groups (broad SMARTS) is 1. The SMILES string of the molecule is O=C([O-])COc1ccccc1[C@H]1O[C@H]2CCCC[C@H]2C2=CCCC[C@H]21. The summed E-state index contributed by atoms with van der Waals surface area (Å²) in [5.74, 6) is 0.369. The van der Waals surface area contributed by atoms with E-state index in [2.05, 4.69) is 6.08 Å². The molecule has 4 nitrogen and oxygen atoms in total. The van der Waals surface area contributed by atoms with Crippen LogP contribution in [-0.2, 0) is 9.53 Å². The Kier molecular flexibility index (Phi) is 4.80. The van der Waals surface area contributed by atoms with Gasteiger partial charge < -0.3 is 19.4 Å². The number of rotatable bonds is 4. The number of hydrogen-bond acceptors (Lipinski definition) is 4. The number of allylic oxidation sites excluding steroid dienone is 1. The second-order valence-electron chi connectivity index (χ2n) is 7.43. The van der Waals surface area contributed by atoms with Gasteiger partial charge in [-0.05, 0) is 38.2 Å². The van der Waals surface area contributed by atoms with Crippen molar-refractivity contribution < 1.29 is 19.4 Å². The van der Waals surface area contributed by atoms with Crippen LogP contribution in [0.15, 0.2) is 35.9 Å². The van der Waals surface area contributed by atoms with Crippen LogP contribution in [-0.4, -0.2) is 18.7 Å². The van der Waals surface area contributed by atoms with Crippen LogP contribution >= 0.6 is 0 Å². The zero-order valence-corrected chi connectivity index (χ0v) is 14.5. The van der Waals surface area contributed by atoms with E-state index in [9.17, 15) is 9.90 Å². The van der Waals surface area contributed by atoms with Gasteiger partial charge in [0.1, 0.15) is 12.4 Å². The van der Waals surface area contributed by atoms with Gasteiger partial charge in [-0.2, -0.15) is 0 Å². The molecule has 3 aliphatic rings. The van der Waals surface area contributed by atoms with Crippen molar-refractivity contribution in [2.45, 2.75) is 57.2 Å². The summed E-state index contributed by atoms with van der Waals surface area (Å²) in [5.41, 5.74) is 2.56. The number of carboxylic acids is 1. The Bertz CT molecular complexity index is 666. The molecule has 1 aromatic carbocycles. The minimum atomic E-state index is -1.20. The molecule has 0 aromatic heterocycles. The Balaban J connectivity index is 1.66. The van der Waals surface area contributed by atoms with E-state index in [-0.39, 0.29) is 12.2 Å². The van der Waals surface area contributed by atoms with Gasteiger partial charge in [0.25, 0.3) is 0 Å². The molecule has 1 aromatic rings. The predicted octanol–water partition coefficient (Wildman–Crippen LogP) is 3.17. The zero-order valence-electron chi connectivity index (χ0n) is 14.5. The van der Waals surface area contributed by atoms with Gasteiger partial charge in [0.05, 0.1) is 18.2 Å². The zero-order chi connectivity index (χ0) is 17.2. The molecule has 0 N–H and O–H groups in total. The third-order valence-corrected chi connectivity index (χ3v) is 5.92. The first-order chi connectivity index (χ1) is 12.2. The highest BCUT2D eigenvalue weighted by Crippen LogP contribution is 2.52. The van der Waals surface area contributed by atoms with Crippen LogP contribution in [0.4, 0.5) is 0 Å². The van der Waals surface area contributed by atoms with Gasteiger partial charge in [0, 0.05) is 17.4 Å². The van der Waals surface area contributed by atoms with Gasteiger partial charge in [0.15, 0.2) is 0 Å². The molecule has 1 saturated carbocycles. The average molecular weight is 341 g/mol. The molecule has 4 atom stereocenters. The fourth-order valence-electron chi connectivity index (χ4n) is 4.88. The lowest BCUT2D eigenvalue weighted by atomic mass is 9.68. The highest BCUT2D eigenvalue weighted by Gasteiger charge is 2.44. The van der Waals surface area contributed by atoms with Crippen molar-refractivity contribution in [2.75, 3.05) is 6.61 Å². The first-order valence-electron chi connectivity index (χ1n) is 9.51. The largest absolute Gasteiger partial charge is 0.546 e. The molecule has 0 unspecified atom stereocenters. The van der Waals surface area contributed by atoms with Crippen molar-refractivity contribution >= 4 is 5.97 Å². The van der Waals surface area contributed by atoms with Crippen molar-refractivity contribution in [1.29, 1.82) is 0 Å². The summed E-state index contributed by atoms with van der Waals surface area (Å²) in [6.07, 6.45) is 11.1. The average Bonchev–Trinajstić information content (AvgIpc) is 2.66. The molecule has 2 fully saturated rings. The summed E-state index contributed by atoms with van der Waals surface area (Å²) in [5, 5.41) is 10.8. The van der Waals surface area contributed by atoms with Crippen molar-refractivity contribution in [1.82, 2.24) is 0 Å². The van der Waals surface area contributed by atoms with Gasteiger partial charge in [-0.25, -0.2) is 0 Å². The van der Waals surface area contributed by atoms with Crippen LogP contribution in [0, 0.1) is 11.8 Å². The molecule has 0 spiro atoms. The van der Waals surface area contributed by atoms with Crippen LogP contribution in [0.25, 0.3) is 0 Å². The summed E-state index contributed by atoms with van der Waals surface area (Å²) < 4.78 is 12.1. The number of carbonyl (C=O) groups excluding carboxylic acids is 1. The molecule has 0 radical (unpaired) electrons. The lowest BCUT2D eigenvalue weighted by Gasteiger charge is -2.47. The molecular formula is C21H25O4-. The van der Waals surface area contributed by atoms with Crippen molar-refractivity contribution in [3.8, 4) is 5.75 Å². The number of hydrogen-bond donors (Lipinski definition) is 0. The fourth-order valence-corrected chi connectivity index (χ4v) is 4.88. The maximum atomic E-state index is 10.8. The molecule has 4 rings (SSSR count). The van der Waals surface area contributed by atoms with Crippen molar-refractivity contribution in [3.63, 3.8) is 0 Å². The Hall–Kier alpha value is -1.81. The number of para-hydroxylation sites is 1. The minimum absolute atomic E-state index is 0.0381. The van der Waals surface area contributed by atoms with Gasteiger partial charge in [0.2, 0.25) is 0 Å². The Morgan fingerprint density at radius 3 is 2.80 bits per heavy atom. The van der Waals surface area contributed by atoms with Gasteiger partial charge in [-0.1, -0.05) is 42.7 Å². The molecule has 0 amide bonds. The minimum Gasteiger partial charge on any atom is -0.546 e. The fraction of sp³-hybridized carbons (Fsp3) is 0.571. The number of carbonyl (C=O) groups is 1. The summed E-state index contributed by atoms with van der Waals surface area (Å²) in [4.78, 5) is 10.8. The lowest BCUT2D eigenvalue weighted by Crippen LogP contribution is -2.41. The van der Waals surface area contributed by atoms with Crippen LogP contribution < -0.4 is 9.84 Å². The highest BCUT2D eigenvalue weighted by atomic mass is 16.5. The summed E-state index contributed by atoms with van der Waals surface area (Å²) in [7, 11) is 0. The first-order valence-corrected chi connectivity index (χ1v) is 9.51. The quantitative estimate of drug-likeness (QED) is 0.789. The highest BCUT2D eigenvalue weighted by molar-refractivity contribution is 5.66. The maximum absolute atomic E-state index is 10.8. The number of ether oxygens (including phenoxy) is 2. The smallest absolute Gasteiger partial charge is 0.128 e. The maximum Gasteiger partial charge on any atom is 0.128 e. The molecule has 134 valence electrons. The molecule has 1 saturated heterocycles. The van der Waals surface area contributed by atoms with E-state index in [1.165, 1.54) is 32.1 Å². The van der Waals surface area contributed by atoms with Crippen LogP contribution in [0.1, 0.15) is 56.6 Å². The number of fused-ring (bicyclic) bond motifs is 3. The van der Waals surface area contributed by atoms with E-state index in [0.29, 0.717) is 17.6 Å². The van der Waals surface area contributed by atoms with Gasteiger partial charge >= 0.3 is 0 Å². The first kappa shape index (κ1) is 16.6. The summed E-state index contributed by atoms with van der Waals surface area (Å²) in [6, 6.07) is 7.70. The molecule has 25 heavy (non-hydrogen) atoms. The van der Waals surface area contributed by atoms with Crippen LogP contribution in [0.2, 0.25) is 0 Å². The molecule has 0 bridgehead atoms. The van der Waals surface area contributed by atoms with E-state index >= 15 is 0 Å².